The molecule has 0 bridgehead atoms. The van der Waals surface area contributed by atoms with Gasteiger partial charge >= 0.3 is 6.98 Å². The highest BCUT2D eigenvalue weighted by molar-refractivity contribution is 6.66. The standard InChI is InChI=1S/C9H7BF5O/c1-6(10(13,14)15)5-16-7-2-3-8(11)9(12)4-7/h2-4H,1,5H2/q-1. The van der Waals surface area contributed by atoms with Crippen molar-refractivity contribution in [3.8, 4) is 5.75 Å². The average molecular weight is 237 g/mol. The third kappa shape index (κ3) is 3.25. The lowest BCUT2D eigenvalue weighted by molar-refractivity contribution is 0.343. The Kier molecular flexibility index (Phi) is 3.56. The Morgan fingerprint density at radius 2 is 1.81 bits per heavy atom. The quantitative estimate of drug-likeness (QED) is 0.576. The van der Waals surface area contributed by atoms with E-state index in [1.54, 1.807) is 0 Å². The fourth-order valence-electron chi connectivity index (χ4n) is 0.837. The van der Waals surface area contributed by atoms with Crippen LogP contribution in [0, 0.1) is 11.6 Å². The van der Waals surface area contributed by atoms with E-state index in [0.29, 0.717) is 6.07 Å². The average Bonchev–Trinajstić information content (AvgIpc) is 2.18. The second-order valence-corrected chi connectivity index (χ2v) is 3.10. The molecule has 0 spiro atoms. The third-order valence-corrected chi connectivity index (χ3v) is 1.78. The Balaban J connectivity index is 2.62. The minimum atomic E-state index is -5.17. The van der Waals surface area contributed by atoms with E-state index in [4.69, 9.17) is 0 Å². The Bertz CT molecular complexity index is 401. The lowest BCUT2D eigenvalue weighted by atomic mass is 9.81. The van der Waals surface area contributed by atoms with Crippen LogP contribution in [-0.2, 0) is 0 Å². The summed E-state index contributed by atoms with van der Waals surface area (Å²) in [4.78, 5) is 0. The molecule has 0 atom stereocenters. The molecule has 16 heavy (non-hydrogen) atoms. The molecule has 1 nitrogen and oxygen atoms in total. The maximum absolute atomic E-state index is 12.6. The molecular weight excluding hydrogens is 230 g/mol. The van der Waals surface area contributed by atoms with Crippen molar-refractivity contribution in [1.82, 2.24) is 0 Å². The number of hydrogen-bond donors (Lipinski definition) is 0. The zero-order chi connectivity index (χ0) is 12.3. The van der Waals surface area contributed by atoms with Crippen LogP contribution in [-0.4, -0.2) is 13.6 Å². The smallest absolute Gasteiger partial charge is 0.492 e. The number of hydrogen-bond acceptors (Lipinski definition) is 1. The fourth-order valence-corrected chi connectivity index (χ4v) is 0.837. The first-order chi connectivity index (χ1) is 7.30. The zero-order valence-corrected chi connectivity index (χ0v) is 8.02. The molecular formula is C9H7BF5O-. The summed E-state index contributed by atoms with van der Waals surface area (Å²) in [5.41, 5.74) is -1.04. The second-order valence-electron chi connectivity index (χ2n) is 3.10. The SMILES string of the molecule is C=C(COc1ccc(F)c(F)c1)[B-](F)(F)F. The first kappa shape index (κ1) is 12.5. The Hall–Kier alpha value is -1.53. The van der Waals surface area contributed by atoms with Gasteiger partial charge in [-0.3, -0.25) is 0 Å². The number of benzene rings is 1. The summed E-state index contributed by atoms with van der Waals surface area (Å²) in [5.74, 6) is -2.45. The molecule has 1 aromatic carbocycles. The van der Waals surface area contributed by atoms with Crippen LogP contribution in [0.5, 0.6) is 5.75 Å². The van der Waals surface area contributed by atoms with Gasteiger partial charge in [0.1, 0.15) is 5.75 Å². The highest BCUT2D eigenvalue weighted by Gasteiger charge is 2.26. The summed E-state index contributed by atoms with van der Waals surface area (Å²) in [6.07, 6.45) is 0. The molecule has 0 radical (unpaired) electrons. The second kappa shape index (κ2) is 4.55. The highest BCUT2D eigenvalue weighted by atomic mass is 19.4. The number of halogens is 5. The predicted octanol–water partition coefficient (Wildman–Crippen LogP) is 3.29. The maximum atomic E-state index is 12.6. The minimum Gasteiger partial charge on any atom is -0.492 e. The van der Waals surface area contributed by atoms with Crippen LogP contribution in [0.2, 0.25) is 0 Å². The van der Waals surface area contributed by atoms with E-state index in [2.05, 4.69) is 11.3 Å². The molecule has 0 aliphatic carbocycles. The molecule has 0 saturated carbocycles. The summed E-state index contributed by atoms with van der Waals surface area (Å²) >= 11 is 0. The summed E-state index contributed by atoms with van der Waals surface area (Å²) in [7, 11) is 0. The van der Waals surface area contributed by atoms with Gasteiger partial charge in [0.2, 0.25) is 0 Å². The van der Waals surface area contributed by atoms with Gasteiger partial charge in [-0.15, -0.1) is 12.1 Å². The monoisotopic (exact) mass is 237 g/mol. The molecule has 1 rings (SSSR count). The molecule has 0 unspecified atom stereocenters. The van der Waals surface area contributed by atoms with Crippen molar-refractivity contribution in [2.75, 3.05) is 6.61 Å². The molecule has 0 aromatic heterocycles. The molecule has 0 aliphatic heterocycles. The van der Waals surface area contributed by atoms with Gasteiger partial charge in [0, 0.05) is 6.07 Å². The van der Waals surface area contributed by atoms with E-state index in [1.165, 1.54) is 0 Å². The van der Waals surface area contributed by atoms with Crippen molar-refractivity contribution >= 4 is 6.98 Å². The molecule has 88 valence electrons. The van der Waals surface area contributed by atoms with E-state index in [1.807, 2.05) is 0 Å². The van der Waals surface area contributed by atoms with E-state index in [-0.39, 0.29) is 5.75 Å². The number of rotatable bonds is 4. The Morgan fingerprint density at radius 3 is 2.31 bits per heavy atom. The molecule has 1 aromatic rings. The van der Waals surface area contributed by atoms with E-state index >= 15 is 0 Å². The predicted molar refractivity (Wildman–Crippen MR) is 50.1 cm³/mol. The molecule has 0 N–H and O–H groups in total. The molecule has 0 amide bonds. The van der Waals surface area contributed by atoms with Gasteiger partial charge in [-0.05, 0) is 12.1 Å². The van der Waals surface area contributed by atoms with Crippen molar-refractivity contribution in [3.63, 3.8) is 0 Å². The van der Waals surface area contributed by atoms with Crippen LogP contribution >= 0.6 is 0 Å². The van der Waals surface area contributed by atoms with E-state index < -0.39 is 30.7 Å². The first-order valence-corrected chi connectivity index (χ1v) is 4.26. The van der Waals surface area contributed by atoms with Gasteiger partial charge in [-0.25, -0.2) is 8.78 Å². The summed E-state index contributed by atoms with van der Waals surface area (Å²) < 4.78 is 65.9. The lowest BCUT2D eigenvalue weighted by Gasteiger charge is -2.18. The summed E-state index contributed by atoms with van der Waals surface area (Å²) in [5, 5.41) is 0. The van der Waals surface area contributed by atoms with Crippen LogP contribution in [0.4, 0.5) is 21.7 Å². The van der Waals surface area contributed by atoms with Crippen LogP contribution in [0.25, 0.3) is 0 Å². The largest absolute Gasteiger partial charge is 0.508 e. The zero-order valence-electron chi connectivity index (χ0n) is 8.02. The van der Waals surface area contributed by atoms with Crippen LogP contribution in [0.15, 0.2) is 30.3 Å². The van der Waals surface area contributed by atoms with Crippen molar-refractivity contribution in [2.45, 2.75) is 0 Å². The molecule has 0 saturated heterocycles. The third-order valence-electron chi connectivity index (χ3n) is 1.78. The first-order valence-electron chi connectivity index (χ1n) is 4.26. The van der Waals surface area contributed by atoms with Crippen LogP contribution in [0.1, 0.15) is 0 Å². The van der Waals surface area contributed by atoms with Gasteiger partial charge in [0.05, 0.1) is 6.61 Å². The van der Waals surface area contributed by atoms with Crippen LogP contribution < -0.4 is 4.74 Å². The van der Waals surface area contributed by atoms with E-state index in [9.17, 15) is 21.7 Å². The van der Waals surface area contributed by atoms with Crippen molar-refractivity contribution in [1.29, 1.82) is 0 Å². The van der Waals surface area contributed by atoms with Gasteiger partial charge < -0.3 is 17.7 Å². The molecule has 0 heterocycles. The molecule has 7 heteroatoms. The fraction of sp³-hybridized carbons (Fsp3) is 0.111. The normalized spacial score (nSPS) is 11.3. The topological polar surface area (TPSA) is 9.23 Å². The lowest BCUT2D eigenvalue weighted by Crippen LogP contribution is -2.23. The number of ether oxygens (including phenoxy) is 1. The van der Waals surface area contributed by atoms with Gasteiger partial charge in [0.15, 0.2) is 11.6 Å². The van der Waals surface area contributed by atoms with Crippen molar-refractivity contribution < 1.29 is 26.5 Å². The minimum absolute atomic E-state index is 0.180. The summed E-state index contributed by atoms with van der Waals surface area (Å²) in [6.45, 7) is -3.18. The maximum Gasteiger partial charge on any atom is 0.508 e. The van der Waals surface area contributed by atoms with Crippen molar-refractivity contribution in [3.05, 3.63) is 41.9 Å². The van der Waals surface area contributed by atoms with Crippen molar-refractivity contribution in [2.24, 2.45) is 0 Å². The summed E-state index contributed by atoms with van der Waals surface area (Å²) in [6, 6.07) is 2.48. The van der Waals surface area contributed by atoms with Gasteiger partial charge in [-0.2, -0.15) is 0 Å². The van der Waals surface area contributed by atoms with Gasteiger partial charge in [0.25, 0.3) is 0 Å². The van der Waals surface area contributed by atoms with Crippen LogP contribution in [0.3, 0.4) is 0 Å². The molecule has 0 fully saturated rings. The Labute approximate surface area is 88.6 Å². The Morgan fingerprint density at radius 1 is 1.19 bits per heavy atom. The van der Waals surface area contributed by atoms with Gasteiger partial charge in [-0.1, -0.05) is 0 Å². The van der Waals surface area contributed by atoms with E-state index in [0.717, 1.165) is 12.1 Å². The highest BCUT2D eigenvalue weighted by Crippen LogP contribution is 2.20. The molecule has 0 aliphatic rings.